The predicted octanol–water partition coefficient (Wildman–Crippen LogP) is 2.70. The van der Waals surface area contributed by atoms with Gasteiger partial charge in [-0.05, 0) is 32.0 Å². The maximum absolute atomic E-state index is 10.9. The van der Waals surface area contributed by atoms with E-state index in [1.54, 1.807) is 23.9 Å². The molecule has 0 aliphatic carbocycles. The molecule has 20 heavy (non-hydrogen) atoms. The summed E-state index contributed by atoms with van der Waals surface area (Å²) in [6, 6.07) is 1.90. The standard InChI is InChI=1S/C14H16N2O3S/c17-14(18)10-1-4-16(5-2-10)7-12-9-20-13(15-12)11-3-6-19-8-11/h3,6,8-10H,1-2,4-5,7H2,(H,17,18). The molecule has 5 nitrogen and oxygen atoms in total. The van der Waals surface area contributed by atoms with Crippen molar-refractivity contribution in [3.05, 3.63) is 29.7 Å². The molecule has 1 fully saturated rings. The van der Waals surface area contributed by atoms with E-state index in [1.807, 2.05) is 6.07 Å². The third-order valence-electron chi connectivity index (χ3n) is 3.64. The van der Waals surface area contributed by atoms with Crippen molar-refractivity contribution in [1.82, 2.24) is 9.88 Å². The van der Waals surface area contributed by atoms with Crippen LogP contribution in [0.1, 0.15) is 18.5 Å². The number of hydrogen-bond acceptors (Lipinski definition) is 5. The molecule has 0 saturated carbocycles. The van der Waals surface area contributed by atoms with Crippen LogP contribution in [-0.2, 0) is 11.3 Å². The van der Waals surface area contributed by atoms with Gasteiger partial charge < -0.3 is 9.52 Å². The smallest absolute Gasteiger partial charge is 0.306 e. The number of thiazole rings is 1. The van der Waals surface area contributed by atoms with Gasteiger partial charge >= 0.3 is 5.97 Å². The molecule has 2 aromatic rings. The second-order valence-electron chi connectivity index (χ2n) is 5.04. The summed E-state index contributed by atoms with van der Waals surface area (Å²) < 4.78 is 5.06. The van der Waals surface area contributed by atoms with Crippen molar-refractivity contribution in [3.63, 3.8) is 0 Å². The van der Waals surface area contributed by atoms with Crippen molar-refractivity contribution in [3.8, 4) is 10.6 Å². The maximum atomic E-state index is 10.9. The molecule has 0 amide bonds. The first kappa shape index (κ1) is 13.3. The summed E-state index contributed by atoms with van der Waals surface area (Å²) in [5, 5.41) is 12.0. The number of nitrogens with zero attached hydrogens (tertiary/aromatic N) is 2. The lowest BCUT2D eigenvalue weighted by Gasteiger charge is -2.29. The van der Waals surface area contributed by atoms with E-state index in [4.69, 9.17) is 9.52 Å². The van der Waals surface area contributed by atoms with E-state index in [2.05, 4.69) is 15.3 Å². The lowest BCUT2D eigenvalue weighted by molar-refractivity contribution is -0.143. The summed E-state index contributed by atoms with van der Waals surface area (Å²) in [4.78, 5) is 17.8. The monoisotopic (exact) mass is 292 g/mol. The van der Waals surface area contributed by atoms with Crippen LogP contribution in [0.3, 0.4) is 0 Å². The number of carboxylic acids is 1. The van der Waals surface area contributed by atoms with Crippen LogP contribution in [0.15, 0.2) is 28.4 Å². The Labute approximate surface area is 120 Å². The van der Waals surface area contributed by atoms with Crippen LogP contribution in [0.5, 0.6) is 0 Å². The fraction of sp³-hybridized carbons (Fsp3) is 0.429. The lowest BCUT2D eigenvalue weighted by atomic mass is 9.97. The molecule has 106 valence electrons. The predicted molar refractivity (Wildman–Crippen MR) is 75.5 cm³/mol. The van der Waals surface area contributed by atoms with Gasteiger partial charge in [0.05, 0.1) is 17.9 Å². The zero-order valence-corrected chi connectivity index (χ0v) is 11.8. The molecule has 6 heteroatoms. The molecule has 2 aromatic heterocycles. The van der Waals surface area contributed by atoms with Crippen LogP contribution in [-0.4, -0.2) is 34.0 Å². The number of aromatic nitrogens is 1. The zero-order valence-electron chi connectivity index (χ0n) is 11.0. The molecule has 0 atom stereocenters. The topological polar surface area (TPSA) is 66.6 Å². The third-order valence-corrected chi connectivity index (χ3v) is 4.58. The lowest BCUT2D eigenvalue weighted by Crippen LogP contribution is -2.35. The number of piperidine rings is 1. The summed E-state index contributed by atoms with van der Waals surface area (Å²) >= 11 is 1.61. The summed E-state index contributed by atoms with van der Waals surface area (Å²) in [6.45, 7) is 2.45. The summed E-state index contributed by atoms with van der Waals surface area (Å²) in [6.07, 6.45) is 4.80. The molecule has 0 radical (unpaired) electrons. The Morgan fingerprint density at radius 1 is 1.50 bits per heavy atom. The Balaban J connectivity index is 1.58. The van der Waals surface area contributed by atoms with Crippen LogP contribution in [0.4, 0.5) is 0 Å². The molecule has 0 unspecified atom stereocenters. The van der Waals surface area contributed by atoms with E-state index in [9.17, 15) is 4.79 Å². The van der Waals surface area contributed by atoms with Gasteiger partial charge in [-0.25, -0.2) is 4.98 Å². The molecule has 3 heterocycles. The SMILES string of the molecule is O=C(O)C1CCN(Cc2csc(-c3ccoc3)n2)CC1. The Kier molecular flexibility index (Phi) is 3.84. The van der Waals surface area contributed by atoms with Gasteiger partial charge in [-0.2, -0.15) is 0 Å². The first-order chi connectivity index (χ1) is 9.72. The highest BCUT2D eigenvalue weighted by Gasteiger charge is 2.24. The minimum Gasteiger partial charge on any atom is -0.481 e. The third kappa shape index (κ3) is 2.91. The number of aliphatic carboxylic acids is 1. The Hall–Kier alpha value is -1.66. The van der Waals surface area contributed by atoms with E-state index in [0.717, 1.165) is 48.7 Å². The average Bonchev–Trinajstić information content (AvgIpc) is 3.09. The molecule has 3 rings (SSSR count). The summed E-state index contributed by atoms with van der Waals surface area (Å²) in [5.41, 5.74) is 2.05. The molecule has 0 aromatic carbocycles. The van der Waals surface area contributed by atoms with Crippen LogP contribution in [0.25, 0.3) is 10.6 Å². The van der Waals surface area contributed by atoms with E-state index >= 15 is 0 Å². The van der Waals surface area contributed by atoms with Gasteiger partial charge in [0, 0.05) is 17.5 Å². The highest BCUT2D eigenvalue weighted by atomic mass is 32.1. The highest BCUT2D eigenvalue weighted by Crippen LogP contribution is 2.25. The Morgan fingerprint density at radius 3 is 2.95 bits per heavy atom. The molecule has 1 saturated heterocycles. The van der Waals surface area contributed by atoms with Gasteiger partial charge in [-0.15, -0.1) is 11.3 Å². The van der Waals surface area contributed by atoms with Crippen LogP contribution < -0.4 is 0 Å². The van der Waals surface area contributed by atoms with Gasteiger partial charge in [-0.3, -0.25) is 9.69 Å². The van der Waals surface area contributed by atoms with Gasteiger partial charge in [0.15, 0.2) is 0 Å². The number of carbonyl (C=O) groups is 1. The second-order valence-corrected chi connectivity index (χ2v) is 5.90. The molecule has 1 aliphatic rings. The van der Waals surface area contributed by atoms with Gasteiger partial charge in [0.25, 0.3) is 0 Å². The fourth-order valence-corrected chi connectivity index (χ4v) is 3.26. The normalized spacial score (nSPS) is 17.4. The Bertz CT molecular complexity index is 571. The van der Waals surface area contributed by atoms with Crippen LogP contribution in [0, 0.1) is 5.92 Å². The Morgan fingerprint density at radius 2 is 2.30 bits per heavy atom. The van der Waals surface area contributed by atoms with E-state index in [0.29, 0.717) is 0 Å². The van der Waals surface area contributed by atoms with E-state index < -0.39 is 5.97 Å². The van der Waals surface area contributed by atoms with Crippen molar-refractivity contribution in [2.45, 2.75) is 19.4 Å². The quantitative estimate of drug-likeness (QED) is 0.938. The van der Waals surface area contributed by atoms with Gasteiger partial charge in [0.2, 0.25) is 0 Å². The van der Waals surface area contributed by atoms with Crippen molar-refractivity contribution in [2.75, 3.05) is 13.1 Å². The van der Waals surface area contributed by atoms with Gasteiger partial charge in [0.1, 0.15) is 11.3 Å². The number of carboxylic acid groups (broad SMARTS) is 1. The first-order valence-corrected chi connectivity index (χ1v) is 7.52. The maximum Gasteiger partial charge on any atom is 0.306 e. The largest absolute Gasteiger partial charge is 0.481 e. The zero-order chi connectivity index (χ0) is 13.9. The minimum absolute atomic E-state index is 0.178. The number of furan rings is 1. The molecule has 1 aliphatic heterocycles. The highest BCUT2D eigenvalue weighted by molar-refractivity contribution is 7.13. The van der Waals surface area contributed by atoms with Gasteiger partial charge in [-0.1, -0.05) is 0 Å². The molecule has 1 N–H and O–H groups in total. The average molecular weight is 292 g/mol. The molecular formula is C14H16N2O3S. The van der Waals surface area contributed by atoms with Crippen LogP contribution in [0.2, 0.25) is 0 Å². The minimum atomic E-state index is -0.666. The molecule has 0 spiro atoms. The van der Waals surface area contributed by atoms with Crippen molar-refractivity contribution in [2.24, 2.45) is 5.92 Å². The van der Waals surface area contributed by atoms with E-state index in [-0.39, 0.29) is 5.92 Å². The van der Waals surface area contributed by atoms with Crippen LogP contribution >= 0.6 is 11.3 Å². The van der Waals surface area contributed by atoms with Crippen molar-refractivity contribution < 1.29 is 14.3 Å². The number of hydrogen-bond donors (Lipinski definition) is 1. The first-order valence-electron chi connectivity index (χ1n) is 6.64. The number of rotatable bonds is 4. The summed E-state index contributed by atoms with van der Waals surface area (Å²) in [7, 11) is 0. The van der Waals surface area contributed by atoms with Crippen molar-refractivity contribution >= 4 is 17.3 Å². The second kappa shape index (κ2) is 5.76. The van der Waals surface area contributed by atoms with E-state index in [1.165, 1.54) is 0 Å². The fourth-order valence-electron chi connectivity index (χ4n) is 2.47. The summed E-state index contributed by atoms with van der Waals surface area (Å²) in [5.74, 6) is -0.844. The molecule has 0 bridgehead atoms. The van der Waals surface area contributed by atoms with Crippen molar-refractivity contribution in [1.29, 1.82) is 0 Å². The molecular weight excluding hydrogens is 276 g/mol. The number of likely N-dealkylation sites (tertiary alicyclic amines) is 1.